The van der Waals surface area contributed by atoms with Crippen molar-refractivity contribution in [2.24, 2.45) is 5.10 Å². The summed E-state index contributed by atoms with van der Waals surface area (Å²) in [6.45, 7) is 0.379. The Hall–Kier alpha value is -3.22. The largest absolute Gasteiger partial charge is 0.276 e. The van der Waals surface area contributed by atoms with Gasteiger partial charge in [0.1, 0.15) is 5.71 Å². The molecule has 1 heterocycles. The van der Waals surface area contributed by atoms with E-state index in [4.69, 9.17) is 11.6 Å². The van der Waals surface area contributed by atoms with Crippen molar-refractivity contribution in [2.45, 2.75) is 11.4 Å². The number of hydrogen-bond acceptors (Lipinski definition) is 3. The summed E-state index contributed by atoms with van der Waals surface area (Å²) >= 11 is 6.02. The molecule has 1 aromatic heterocycles. The first kappa shape index (κ1) is 20.1. The van der Waals surface area contributed by atoms with Crippen LogP contribution in [0.5, 0.6) is 0 Å². The molecule has 30 heavy (non-hydrogen) atoms. The Bertz CT molecular complexity index is 1310. The average molecular weight is 437 g/mol. The zero-order chi connectivity index (χ0) is 21.0. The van der Waals surface area contributed by atoms with Crippen LogP contribution in [-0.4, -0.2) is 14.1 Å². The van der Waals surface area contributed by atoms with Crippen LogP contribution in [-0.2, 0) is 16.6 Å². The molecule has 150 valence electrons. The summed E-state index contributed by atoms with van der Waals surface area (Å²) in [6.07, 6.45) is 3.95. The van der Waals surface area contributed by atoms with Gasteiger partial charge >= 0.3 is 0 Å². The van der Waals surface area contributed by atoms with E-state index in [0.717, 1.165) is 16.3 Å². The summed E-state index contributed by atoms with van der Waals surface area (Å²) in [5, 5.41) is 7.07. The molecule has 0 fully saturated rings. The highest BCUT2D eigenvalue weighted by Crippen LogP contribution is 2.13. The molecule has 1 N–H and O–H groups in total. The third-order valence-corrected chi connectivity index (χ3v) is 6.09. The molecule has 5 nitrogen and oxygen atoms in total. The lowest BCUT2D eigenvalue weighted by atomic mass is 10.1. The van der Waals surface area contributed by atoms with E-state index < -0.39 is 10.0 Å². The van der Waals surface area contributed by atoms with Crippen molar-refractivity contribution in [1.29, 1.82) is 0 Å². The highest BCUT2D eigenvalue weighted by Gasteiger charge is 2.16. The molecule has 0 radical (unpaired) electrons. The Balaban J connectivity index is 1.68. The molecule has 7 heteroatoms. The quantitative estimate of drug-likeness (QED) is 0.280. The van der Waals surface area contributed by atoms with Crippen molar-refractivity contribution in [3.8, 4) is 0 Å². The fourth-order valence-electron chi connectivity index (χ4n) is 3.05. The second kappa shape index (κ2) is 8.65. The molecular formula is C23H19ClN3O2S+. The third-order valence-electron chi connectivity index (χ3n) is 4.61. The topological polar surface area (TPSA) is 62.4 Å². The van der Waals surface area contributed by atoms with Gasteiger partial charge in [-0.15, -0.1) is 0 Å². The minimum absolute atomic E-state index is 0.155. The molecule has 0 bridgehead atoms. The van der Waals surface area contributed by atoms with E-state index >= 15 is 0 Å². The highest BCUT2D eigenvalue weighted by molar-refractivity contribution is 7.89. The van der Waals surface area contributed by atoms with E-state index in [1.165, 1.54) is 12.1 Å². The molecule has 0 saturated heterocycles. The van der Waals surface area contributed by atoms with Crippen LogP contribution in [0.1, 0.15) is 5.56 Å². The van der Waals surface area contributed by atoms with E-state index in [9.17, 15) is 8.42 Å². The summed E-state index contributed by atoms with van der Waals surface area (Å²) in [4.78, 5) is 2.51. The average Bonchev–Trinajstić information content (AvgIpc) is 2.78. The summed E-state index contributed by atoms with van der Waals surface area (Å²) in [6, 6.07) is 25.4. The van der Waals surface area contributed by atoms with Crippen LogP contribution < -0.4 is 9.40 Å². The van der Waals surface area contributed by atoms with Crippen molar-refractivity contribution < 1.29 is 13.0 Å². The lowest BCUT2D eigenvalue weighted by Gasteiger charge is -2.08. The van der Waals surface area contributed by atoms with Gasteiger partial charge in [0.25, 0.3) is 10.0 Å². The monoisotopic (exact) mass is 436 g/mol. The van der Waals surface area contributed by atoms with Crippen molar-refractivity contribution >= 4 is 38.1 Å². The lowest BCUT2D eigenvalue weighted by Crippen LogP contribution is -2.38. The fraction of sp³-hybridized carbons (Fsp3) is 0.0435. The predicted molar refractivity (Wildman–Crippen MR) is 119 cm³/mol. The Morgan fingerprint density at radius 3 is 2.27 bits per heavy atom. The van der Waals surface area contributed by atoms with Crippen molar-refractivity contribution in [1.82, 2.24) is 4.83 Å². The number of aromatic nitrogens is 1. The molecule has 0 atom stereocenters. The second-order valence-electron chi connectivity index (χ2n) is 6.72. The van der Waals surface area contributed by atoms with Gasteiger partial charge in [-0.2, -0.15) is 22.9 Å². The Labute approximate surface area is 180 Å². The maximum Gasteiger partial charge on any atom is 0.276 e. The highest BCUT2D eigenvalue weighted by atomic mass is 35.5. The number of hydrogen-bond donors (Lipinski definition) is 1. The molecule has 0 aliphatic rings. The Kier molecular flexibility index (Phi) is 5.79. The zero-order valence-electron chi connectivity index (χ0n) is 15.9. The smallest absolute Gasteiger partial charge is 0.200 e. The molecular weight excluding hydrogens is 418 g/mol. The third kappa shape index (κ3) is 4.67. The number of rotatable bonds is 6. The lowest BCUT2D eigenvalue weighted by molar-refractivity contribution is -0.680. The molecule has 0 spiro atoms. The number of nitrogens with one attached hydrogen (secondary N) is 1. The van der Waals surface area contributed by atoms with Gasteiger partial charge in [0.05, 0.1) is 4.90 Å². The van der Waals surface area contributed by atoms with Crippen LogP contribution in [0.4, 0.5) is 0 Å². The zero-order valence-corrected chi connectivity index (χ0v) is 17.5. The first-order valence-electron chi connectivity index (χ1n) is 9.28. The van der Waals surface area contributed by atoms with Crippen LogP contribution in [0.2, 0.25) is 5.02 Å². The second-order valence-corrected chi connectivity index (χ2v) is 8.82. The van der Waals surface area contributed by atoms with Gasteiger partial charge < -0.3 is 0 Å². The van der Waals surface area contributed by atoms with E-state index in [1.807, 2.05) is 59.4 Å². The minimum Gasteiger partial charge on any atom is -0.200 e. The number of benzene rings is 3. The van der Waals surface area contributed by atoms with Crippen LogP contribution >= 0.6 is 11.6 Å². The summed E-state index contributed by atoms with van der Waals surface area (Å²) in [5.41, 5.74) is 1.34. The van der Waals surface area contributed by atoms with Gasteiger partial charge in [-0.25, -0.2) is 0 Å². The number of pyridine rings is 1. The van der Waals surface area contributed by atoms with Crippen molar-refractivity contribution in [3.63, 3.8) is 0 Å². The first-order chi connectivity index (χ1) is 14.5. The van der Waals surface area contributed by atoms with Gasteiger partial charge in [0.15, 0.2) is 18.9 Å². The summed E-state index contributed by atoms with van der Waals surface area (Å²) in [5.74, 6) is 0. The van der Waals surface area contributed by atoms with Crippen LogP contribution in [0.3, 0.4) is 0 Å². The summed E-state index contributed by atoms with van der Waals surface area (Å²) in [7, 11) is -3.77. The van der Waals surface area contributed by atoms with Gasteiger partial charge in [0, 0.05) is 22.0 Å². The van der Waals surface area contributed by atoms with Crippen LogP contribution in [0.25, 0.3) is 10.8 Å². The molecule has 4 rings (SSSR count). The molecule has 0 saturated carbocycles. The normalized spacial score (nSPS) is 12.1. The minimum atomic E-state index is -3.77. The van der Waals surface area contributed by atoms with Crippen LogP contribution in [0.15, 0.2) is 107 Å². The van der Waals surface area contributed by atoms with Gasteiger partial charge in [0.2, 0.25) is 0 Å². The summed E-state index contributed by atoms with van der Waals surface area (Å²) < 4.78 is 27.2. The molecule has 0 aliphatic heterocycles. The van der Waals surface area contributed by atoms with Gasteiger partial charge in [-0.3, -0.25) is 0 Å². The van der Waals surface area contributed by atoms with E-state index in [1.54, 1.807) is 30.3 Å². The Morgan fingerprint density at radius 1 is 0.867 bits per heavy atom. The first-order valence-corrected chi connectivity index (χ1v) is 11.1. The standard InChI is InChI=1S/C23H19ClN3O2S/c24-21-12-10-19(11-13-21)23(25-26-30(28,29)22-8-2-1-3-9-22)17-27-15-14-18-6-4-5-7-20(18)16-27/h1-16,26H,17H2/q+1/b25-23-. The molecule has 0 amide bonds. The van der Waals surface area contributed by atoms with Gasteiger partial charge in [-0.05, 0) is 35.7 Å². The van der Waals surface area contributed by atoms with Crippen molar-refractivity contribution in [2.75, 3.05) is 0 Å². The number of nitrogens with zero attached hydrogens (tertiary/aromatic N) is 2. The number of sulfonamides is 1. The molecule has 3 aromatic carbocycles. The Morgan fingerprint density at radius 2 is 1.53 bits per heavy atom. The maximum absolute atomic E-state index is 12.6. The molecule has 0 unspecified atom stereocenters. The fourth-order valence-corrected chi connectivity index (χ4v) is 4.03. The van der Waals surface area contributed by atoms with E-state index in [0.29, 0.717) is 17.3 Å². The number of halogens is 1. The van der Waals surface area contributed by atoms with E-state index in [-0.39, 0.29) is 4.90 Å². The maximum atomic E-state index is 12.6. The predicted octanol–water partition coefficient (Wildman–Crippen LogP) is 4.16. The number of hydrazone groups is 1. The number of fused-ring (bicyclic) bond motifs is 1. The molecule has 4 aromatic rings. The van der Waals surface area contributed by atoms with Gasteiger partial charge in [-0.1, -0.05) is 60.1 Å². The van der Waals surface area contributed by atoms with Crippen molar-refractivity contribution in [3.05, 3.63) is 108 Å². The SMILES string of the molecule is O=S(=O)(N/N=C(/C[n+]1ccc2ccccc2c1)c1ccc(Cl)cc1)c1ccccc1. The van der Waals surface area contributed by atoms with E-state index in [2.05, 4.69) is 9.93 Å². The van der Waals surface area contributed by atoms with Crippen LogP contribution in [0, 0.1) is 0 Å². The molecule has 0 aliphatic carbocycles.